The average molecular weight is 598 g/mol. The van der Waals surface area contributed by atoms with Crippen molar-refractivity contribution in [3.8, 4) is 11.5 Å². The van der Waals surface area contributed by atoms with Crippen molar-refractivity contribution in [1.29, 1.82) is 0 Å². The van der Waals surface area contributed by atoms with E-state index in [0.29, 0.717) is 39.4 Å². The molecule has 3 aromatic rings. The highest BCUT2D eigenvalue weighted by Crippen LogP contribution is 2.30. The minimum Gasteiger partial charge on any atom is -0.490 e. The first-order valence-corrected chi connectivity index (χ1v) is 12.4. The second kappa shape index (κ2) is 13.9. The van der Waals surface area contributed by atoms with E-state index in [1.165, 1.54) is 18.3 Å². The first-order valence-electron chi connectivity index (χ1n) is 10.9. The van der Waals surface area contributed by atoms with Crippen molar-refractivity contribution in [2.45, 2.75) is 6.92 Å². The Hall–Kier alpha value is -3.50. The number of nitrogens with one attached hydrogen (secondary N) is 3. The highest BCUT2D eigenvalue weighted by molar-refractivity contribution is 6.45. The molecule has 38 heavy (non-hydrogen) atoms. The number of carbonyl (C=O) groups is 3. The van der Waals surface area contributed by atoms with Gasteiger partial charge in [0.05, 0.1) is 38.6 Å². The van der Waals surface area contributed by atoms with Crippen LogP contribution in [0.5, 0.6) is 11.5 Å². The largest absolute Gasteiger partial charge is 0.490 e. The van der Waals surface area contributed by atoms with Crippen LogP contribution < -0.4 is 25.5 Å². The van der Waals surface area contributed by atoms with E-state index >= 15 is 0 Å². The number of halogens is 4. The van der Waals surface area contributed by atoms with Crippen LogP contribution >= 0.6 is 46.4 Å². The summed E-state index contributed by atoms with van der Waals surface area (Å²) >= 11 is 23.7. The van der Waals surface area contributed by atoms with Gasteiger partial charge in [-0.3, -0.25) is 14.4 Å². The molecule has 3 amide bonds. The molecule has 0 radical (unpaired) electrons. The normalized spacial score (nSPS) is 10.7. The fraction of sp³-hybridized carbons (Fsp3) is 0.120. The summed E-state index contributed by atoms with van der Waals surface area (Å²) in [5, 5.41) is 9.81. The summed E-state index contributed by atoms with van der Waals surface area (Å²) in [5.41, 5.74) is 3.30. The number of anilines is 2. The average Bonchev–Trinajstić information content (AvgIpc) is 2.88. The minimum absolute atomic E-state index is 0.108. The number of hydrogen-bond donors (Lipinski definition) is 3. The number of hydrazone groups is 1. The number of nitrogens with zero attached hydrogens (tertiary/aromatic N) is 1. The Morgan fingerprint density at radius 1 is 0.842 bits per heavy atom. The van der Waals surface area contributed by atoms with Crippen molar-refractivity contribution in [3.05, 3.63) is 80.3 Å². The molecule has 3 aromatic carbocycles. The van der Waals surface area contributed by atoms with Gasteiger partial charge in [-0.15, -0.1) is 0 Å². The molecule has 0 aliphatic carbocycles. The topological polar surface area (TPSA) is 118 Å². The van der Waals surface area contributed by atoms with Gasteiger partial charge in [-0.05, 0) is 61.0 Å². The molecule has 13 heteroatoms. The van der Waals surface area contributed by atoms with Gasteiger partial charge in [0.25, 0.3) is 5.91 Å². The van der Waals surface area contributed by atoms with Gasteiger partial charge in [0, 0.05) is 5.69 Å². The Morgan fingerprint density at radius 2 is 1.63 bits per heavy atom. The van der Waals surface area contributed by atoms with Gasteiger partial charge in [-0.1, -0.05) is 52.5 Å². The maximum Gasteiger partial charge on any atom is 0.329 e. The molecular weight excluding hydrogens is 578 g/mol. The van der Waals surface area contributed by atoms with Gasteiger partial charge in [-0.2, -0.15) is 5.10 Å². The smallest absolute Gasteiger partial charge is 0.329 e. The third-order valence-electron chi connectivity index (χ3n) is 4.62. The van der Waals surface area contributed by atoms with Gasteiger partial charge in [0.2, 0.25) is 0 Å². The van der Waals surface area contributed by atoms with Crippen LogP contribution in [0.2, 0.25) is 20.1 Å². The summed E-state index contributed by atoms with van der Waals surface area (Å²) in [7, 11) is 0. The van der Waals surface area contributed by atoms with Gasteiger partial charge < -0.3 is 20.1 Å². The first kappa shape index (κ1) is 29.1. The number of hydrogen-bond acceptors (Lipinski definition) is 6. The van der Waals surface area contributed by atoms with Crippen molar-refractivity contribution in [2.75, 3.05) is 23.8 Å². The molecule has 0 atom stereocenters. The van der Waals surface area contributed by atoms with Crippen LogP contribution in [0.25, 0.3) is 0 Å². The Morgan fingerprint density at radius 3 is 2.37 bits per heavy atom. The van der Waals surface area contributed by atoms with Gasteiger partial charge >= 0.3 is 11.8 Å². The summed E-state index contributed by atoms with van der Waals surface area (Å²) in [4.78, 5) is 36.4. The molecule has 0 saturated carbocycles. The Bertz CT molecular complexity index is 1380. The maximum absolute atomic E-state index is 12.3. The van der Waals surface area contributed by atoms with Gasteiger partial charge in [-0.25, -0.2) is 5.43 Å². The molecule has 3 rings (SSSR count). The third kappa shape index (κ3) is 8.26. The molecule has 0 aliphatic rings. The standard InChI is InChI=1S/C25H20Cl4N4O5/c1-2-37-21-10-14(12-30-33-25(36)24(35)32-19-5-3-4-17(27)23(19)29)6-9-20(21)38-13-22(34)31-15-7-8-16(26)18(28)11-15/h3-12H,2,13H2,1H3,(H,31,34)(H,32,35)(H,33,36)/b30-12-. The molecule has 9 nitrogen and oxygen atoms in total. The lowest BCUT2D eigenvalue weighted by Crippen LogP contribution is -2.32. The summed E-state index contributed by atoms with van der Waals surface area (Å²) in [6, 6.07) is 14.1. The molecular formula is C25H20Cl4N4O5. The lowest BCUT2D eigenvalue weighted by molar-refractivity contribution is -0.136. The monoisotopic (exact) mass is 596 g/mol. The van der Waals surface area contributed by atoms with Crippen LogP contribution in [0.4, 0.5) is 11.4 Å². The molecule has 198 valence electrons. The molecule has 0 aromatic heterocycles. The number of amides is 3. The zero-order valence-corrected chi connectivity index (χ0v) is 22.7. The summed E-state index contributed by atoms with van der Waals surface area (Å²) in [6.07, 6.45) is 1.31. The molecule has 3 N–H and O–H groups in total. The molecule has 0 bridgehead atoms. The van der Waals surface area contributed by atoms with Crippen LogP contribution in [0.3, 0.4) is 0 Å². The molecule has 0 unspecified atom stereocenters. The summed E-state index contributed by atoms with van der Waals surface area (Å²) in [6.45, 7) is 1.82. The van der Waals surface area contributed by atoms with Crippen molar-refractivity contribution >= 4 is 81.7 Å². The molecule has 0 aliphatic heterocycles. The highest BCUT2D eigenvalue weighted by Gasteiger charge is 2.15. The quantitative estimate of drug-likeness (QED) is 0.163. The van der Waals surface area contributed by atoms with E-state index in [0.717, 1.165) is 0 Å². The Labute approximate surface area is 238 Å². The summed E-state index contributed by atoms with van der Waals surface area (Å²) in [5.74, 6) is -1.76. The third-order valence-corrected chi connectivity index (χ3v) is 6.17. The van der Waals surface area contributed by atoms with Crippen LogP contribution in [0, 0.1) is 0 Å². The molecule has 0 spiro atoms. The Balaban J connectivity index is 1.57. The van der Waals surface area contributed by atoms with E-state index in [4.69, 9.17) is 55.9 Å². The fourth-order valence-corrected chi connectivity index (χ4v) is 3.55. The zero-order valence-electron chi connectivity index (χ0n) is 19.7. The fourth-order valence-electron chi connectivity index (χ4n) is 2.90. The van der Waals surface area contributed by atoms with E-state index in [1.807, 2.05) is 0 Å². The van der Waals surface area contributed by atoms with Gasteiger partial charge in [0.15, 0.2) is 18.1 Å². The number of carbonyl (C=O) groups excluding carboxylic acids is 3. The summed E-state index contributed by atoms with van der Waals surface area (Å²) < 4.78 is 11.2. The van der Waals surface area contributed by atoms with Crippen LogP contribution in [-0.4, -0.2) is 37.1 Å². The Kier molecular flexibility index (Phi) is 10.6. The predicted molar refractivity (Wildman–Crippen MR) is 149 cm³/mol. The van der Waals surface area contributed by atoms with E-state index in [9.17, 15) is 14.4 Å². The molecule has 0 fully saturated rings. The van der Waals surface area contributed by atoms with Crippen molar-refractivity contribution in [3.63, 3.8) is 0 Å². The van der Waals surface area contributed by atoms with Crippen molar-refractivity contribution < 1.29 is 23.9 Å². The van der Waals surface area contributed by atoms with Gasteiger partial charge in [0.1, 0.15) is 0 Å². The van der Waals surface area contributed by atoms with E-state index in [2.05, 4.69) is 21.2 Å². The second-order valence-electron chi connectivity index (χ2n) is 7.36. The van der Waals surface area contributed by atoms with E-state index in [1.54, 1.807) is 49.4 Å². The number of rotatable bonds is 9. The highest BCUT2D eigenvalue weighted by atomic mass is 35.5. The lowest BCUT2D eigenvalue weighted by atomic mass is 10.2. The van der Waals surface area contributed by atoms with Crippen LogP contribution in [-0.2, 0) is 14.4 Å². The maximum atomic E-state index is 12.3. The minimum atomic E-state index is -1.02. The van der Waals surface area contributed by atoms with Crippen LogP contribution in [0.1, 0.15) is 12.5 Å². The zero-order chi connectivity index (χ0) is 27.7. The van der Waals surface area contributed by atoms with Crippen LogP contribution in [0.15, 0.2) is 59.7 Å². The number of benzene rings is 3. The number of ether oxygens (including phenoxy) is 2. The van der Waals surface area contributed by atoms with Crippen molar-refractivity contribution in [1.82, 2.24) is 5.43 Å². The second-order valence-corrected chi connectivity index (χ2v) is 8.96. The van der Waals surface area contributed by atoms with E-state index < -0.39 is 17.7 Å². The molecule has 0 heterocycles. The van der Waals surface area contributed by atoms with E-state index in [-0.39, 0.29) is 22.3 Å². The molecule has 0 saturated heterocycles. The SMILES string of the molecule is CCOc1cc(/C=N\NC(=O)C(=O)Nc2cccc(Cl)c2Cl)ccc1OCC(=O)Nc1ccc(Cl)c(Cl)c1. The first-order chi connectivity index (χ1) is 18.2. The van der Waals surface area contributed by atoms with Crippen molar-refractivity contribution in [2.24, 2.45) is 5.10 Å². The lowest BCUT2D eigenvalue weighted by Gasteiger charge is -2.13. The predicted octanol–water partition coefficient (Wildman–Crippen LogP) is 5.81.